The molecule has 3 N–H and O–H groups in total. The van der Waals surface area contributed by atoms with Gasteiger partial charge in [-0.2, -0.15) is 0 Å². The van der Waals surface area contributed by atoms with Gasteiger partial charge in [-0.25, -0.2) is 0 Å². The highest BCUT2D eigenvalue weighted by atomic mass is 35.5. The van der Waals surface area contributed by atoms with E-state index in [4.69, 9.17) is 28.6 Å². The maximum absolute atomic E-state index is 12.5. The average molecular weight is 414 g/mol. The van der Waals surface area contributed by atoms with Gasteiger partial charge in [0.15, 0.2) is 5.11 Å². The summed E-state index contributed by atoms with van der Waals surface area (Å²) in [6.07, 6.45) is 0.783. The van der Waals surface area contributed by atoms with Gasteiger partial charge in [0.25, 0.3) is 5.91 Å². The minimum absolute atomic E-state index is 0.329. The predicted octanol–water partition coefficient (Wildman–Crippen LogP) is 3.85. The molecule has 3 aromatic carbocycles. The van der Waals surface area contributed by atoms with Crippen molar-refractivity contribution in [1.82, 2.24) is 16.2 Å². The SMILES string of the molecule is COc1cc2ccccc2cc1C(=O)NNC(=S)NCCc1ccc(Cl)cc1. The molecule has 0 aliphatic carbocycles. The van der Waals surface area contributed by atoms with E-state index in [0.717, 1.165) is 22.8 Å². The summed E-state index contributed by atoms with van der Waals surface area (Å²) in [5.41, 5.74) is 6.90. The van der Waals surface area contributed by atoms with Crippen LogP contribution in [0.15, 0.2) is 60.7 Å². The molecule has 0 fully saturated rings. The molecule has 3 rings (SSSR count). The molecule has 7 heteroatoms. The average Bonchev–Trinajstić information content (AvgIpc) is 2.72. The standard InChI is InChI=1S/C21H20ClN3O2S/c1-27-19-13-16-5-3-2-4-15(16)12-18(19)20(26)24-25-21(28)23-11-10-14-6-8-17(22)9-7-14/h2-9,12-13H,10-11H2,1H3,(H,24,26)(H2,23,25,28). The first-order chi connectivity index (χ1) is 13.6. The molecule has 28 heavy (non-hydrogen) atoms. The molecule has 0 heterocycles. The van der Waals surface area contributed by atoms with Crippen molar-refractivity contribution in [3.63, 3.8) is 0 Å². The lowest BCUT2D eigenvalue weighted by Crippen LogP contribution is -2.47. The number of rotatable bonds is 5. The van der Waals surface area contributed by atoms with Crippen molar-refractivity contribution in [3.8, 4) is 5.75 Å². The second-order valence-electron chi connectivity index (χ2n) is 6.11. The van der Waals surface area contributed by atoms with Crippen molar-refractivity contribution in [2.45, 2.75) is 6.42 Å². The van der Waals surface area contributed by atoms with Gasteiger partial charge in [0.05, 0.1) is 12.7 Å². The van der Waals surface area contributed by atoms with Gasteiger partial charge in [0, 0.05) is 11.6 Å². The van der Waals surface area contributed by atoms with Gasteiger partial charge in [-0.1, -0.05) is 48.0 Å². The van der Waals surface area contributed by atoms with Gasteiger partial charge in [-0.15, -0.1) is 0 Å². The molecule has 0 radical (unpaired) electrons. The lowest BCUT2D eigenvalue weighted by atomic mass is 10.1. The summed E-state index contributed by atoms with van der Waals surface area (Å²) in [5, 5.41) is 6.06. The number of nitrogens with one attached hydrogen (secondary N) is 3. The Hall–Kier alpha value is -2.83. The van der Waals surface area contributed by atoms with Crippen LogP contribution in [-0.4, -0.2) is 24.7 Å². The highest BCUT2D eigenvalue weighted by Crippen LogP contribution is 2.25. The van der Waals surface area contributed by atoms with Crippen LogP contribution in [0.1, 0.15) is 15.9 Å². The van der Waals surface area contributed by atoms with Gasteiger partial charge in [-0.05, 0) is 59.2 Å². The van der Waals surface area contributed by atoms with E-state index in [2.05, 4.69) is 16.2 Å². The number of hydrogen-bond donors (Lipinski definition) is 3. The van der Waals surface area contributed by atoms with Crippen molar-refractivity contribution in [2.75, 3.05) is 13.7 Å². The fourth-order valence-electron chi connectivity index (χ4n) is 2.76. The quantitative estimate of drug-likeness (QED) is 0.438. The van der Waals surface area contributed by atoms with Crippen LogP contribution in [-0.2, 0) is 6.42 Å². The fourth-order valence-corrected chi connectivity index (χ4v) is 3.04. The third-order valence-electron chi connectivity index (χ3n) is 4.21. The Morgan fingerprint density at radius 1 is 1.04 bits per heavy atom. The molecular weight excluding hydrogens is 394 g/mol. The normalized spacial score (nSPS) is 10.4. The number of amides is 1. The molecule has 0 aromatic heterocycles. The molecule has 0 aliphatic rings. The Morgan fingerprint density at radius 2 is 1.71 bits per heavy atom. The Kier molecular flexibility index (Phi) is 6.68. The second-order valence-corrected chi connectivity index (χ2v) is 6.96. The van der Waals surface area contributed by atoms with Crippen LogP contribution < -0.4 is 20.9 Å². The maximum atomic E-state index is 12.5. The van der Waals surface area contributed by atoms with E-state index < -0.39 is 0 Å². The Morgan fingerprint density at radius 3 is 2.39 bits per heavy atom. The summed E-state index contributed by atoms with van der Waals surface area (Å²) in [7, 11) is 1.54. The summed E-state index contributed by atoms with van der Waals surface area (Å²) < 4.78 is 5.36. The summed E-state index contributed by atoms with van der Waals surface area (Å²) in [4.78, 5) is 12.5. The molecule has 0 spiro atoms. The summed E-state index contributed by atoms with van der Waals surface area (Å²) >= 11 is 11.1. The molecule has 0 unspecified atom stereocenters. The number of fused-ring (bicyclic) bond motifs is 1. The molecule has 0 bridgehead atoms. The predicted molar refractivity (Wildman–Crippen MR) is 117 cm³/mol. The Balaban J connectivity index is 1.54. The molecule has 0 aliphatic heterocycles. The van der Waals surface area contributed by atoms with Gasteiger partial charge in [0.2, 0.25) is 0 Å². The molecular formula is C21H20ClN3O2S. The zero-order chi connectivity index (χ0) is 19.9. The van der Waals surface area contributed by atoms with Crippen molar-refractivity contribution in [3.05, 3.63) is 76.8 Å². The third-order valence-corrected chi connectivity index (χ3v) is 4.71. The number of carbonyl (C=O) groups is 1. The zero-order valence-electron chi connectivity index (χ0n) is 15.3. The lowest BCUT2D eigenvalue weighted by molar-refractivity contribution is 0.0941. The largest absolute Gasteiger partial charge is 0.496 e. The van der Waals surface area contributed by atoms with Gasteiger partial charge in [-0.3, -0.25) is 15.6 Å². The van der Waals surface area contributed by atoms with Crippen LogP contribution >= 0.6 is 23.8 Å². The van der Waals surface area contributed by atoms with Crippen molar-refractivity contribution >= 4 is 45.6 Å². The van der Waals surface area contributed by atoms with E-state index in [1.54, 1.807) is 6.07 Å². The minimum atomic E-state index is -0.329. The number of hydrazine groups is 1. The van der Waals surface area contributed by atoms with Crippen LogP contribution in [0.4, 0.5) is 0 Å². The lowest BCUT2D eigenvalue weighted by Gasteiger charge is -2.14. The van der Waals surface area contributed by atoms with Gasteiger partial charge >= 0.3 is 0 Å². The van der Waals surface area contributed by atoms with Crippen molar-refractivity contribution in [2.24, 2.45) is 0 Å². The first-order valence-corrected chi connectivity index (χ1v) is 9.51. The van der Waals surface area contributed by atoms with E-state index in [1.807, 2.05) is 54.6 Å². The Labute approximate surface area is 174 Å². The second kappa shape index (κ2) is 9.39. The number of ether oxygens (including phenoxy) is 1. The van der Waals surface area contributed by atoms with Crippen LogP contribution in [0.25, 0.3) is 10.8 Å². The van der Waals surface area contributed by atoms with Crippen molar-refractivity contribution in [1.29, 1.82) is 0 Å². The summed E-state index contributed by atoms with van der Waals surface area (Å²) in [6.45, 7) is 0.628. The van der Waals surface area contributed by atoms with Crippen LogP contribution in [0.2, 0.25) is 5.02 Å². The van der Waals surface area contributed by atoms with Gasteiger partial charge < -0.3 is 10.1 Å². The highest BCUT2D eigenvalue weighted by Gasteiger charge is 2.13. The number of halogens is 1. The highest BCUT2D eigenvalue weighted by molar-refractivity contribution is 7.80. The number of carbonyl (C=O) groups excluding carboxylic acids is 1. The topological polar surface area (TPSA) is 62.4 Å². The smallest absolute Gasteiger partial charge is 0.273 e. The monoisotopic (exact) mass is 413 g/mol. The summed E-state index contributed by atoms with van der Waals surface area (Å²) in [5.74, 6) is 0.170. The number of benzene rings is 3. The fraction of sp³-hybridized carbons (Fsp3) is 0.143. The molecule has 144 valence electrons. The van der Waals surface area contributed by atoms with E-state index in [0.29, 0.717) is 28.0 Å². The molecule has 1 amide bonds. The van der Waals surface area contributed by atoms with E-state index >= 15 is 0 Å². The maximum Gasteiger partial charge on any atom is 0.273 e. The van der Waals surface area contributed by atoms with Crippen LogP contribution in [0, 0.1) is 0 Å². The first kappa shape index (κ1) is 19.9. The van der Waals surface area contributed by atoms with E-state index in [-0.39, 0.29) is 5.91 Å². The van der Waals surface area contributed by atoms with Crippen molar-refractivity contribution < 1.29 is 9.53 Å². The Bertz CT molecular complexity index is 993. The number of thiocarbonyl (C=S) groups is 1. The number of hydrogen-bond acceptors (Lipinski definition) is 3. The summed E-state index contributed by atoms with van der Waals surface area (Å²) in [6, 6.07) is 19.1. The first-order valence-electron chi connectivity index (χ1n) is 8.72. The molecule has 5 nitrogen and oxygen atoms in total. The molecule has 0 saturated carbocycles. The zero-order valence-corrected chi connectivity index (χ0v) is 16.9. The molecule has 0 saturated heterocycles. The van der Waals surface area contributed by atoms with Crippen LogP contribution in [0.3, 0.4) is 0 Å². The van der Waals surface area contributed by atoms with Gasteiger partial charge in [0.1, 0.15) is 5.75 Å². The van der Waals surface area contributed by atoms with E-state index in [1.165, 1.54) is 7.11 Å². The van der Waals surface area contributed by atoms with Crippen LogP contribution in [0.5, 0.6) is 5.75 Å². The number of methoxy groups -OCH3 is 1. The minimum Gasteiger partial charge on any atom is -0.496 e. The van der Waals surface area contributed by atoms with E-state index in [9.17, 15) is 4.79 Å². The molecule has 3 aromatic rings. The molecule has 0 atom stereocenters. The third kappa shape index (κ3) is 5.12.